The van der Waals surface area contributed by atoms with Gasteiger partial charge in [0, 0.05) is 50.8 Å². The first-order valence-electron chi connectivity index (χ1n) is 12.7. The molecule has 0 saturated carbocycles. The maximum Gasteiger partial charge on any atom is 0.300 e. The zero-order valence-corrected chi connectivity index (χ0v) is 22.8. The molecule has 198 valence electrons. The van der Waals surface area contributed by atoms with Gasteiger partial charge in [-0.15, -0.1) is 0 Å². The molecule has 1 fully saturated rings. The highest BCUT2D eigenvalue weighted by Gasteiger charge is 2.47. The Morgan fingerprint density at radius 1 is 0.842 bits per heavy atom. The minimum Gasteiger partial charge on any atom is -0.507 e. The standard InChI is InChI=1S/C31H35N3O4/c1-20(2)19-38-26-17-9-22(10-18-26)29(35)27-28(21-7-11-23(12-8-21)32(3)4)34(31(37)30(27)36)25-15-13-24(14-16-25)33(5)6/h7-18,20,28,35H,19H2,1-6H3/b29-27-. The van der Waals surface area contributed by atoms with Crippen LogP contribution < -0.4 is 19.4 Å². The van der Waals surface area contributed by atoms with Gasteiger partial charge in [-0.3, -0.25) is 14.5 Å². The summed E-state index contributed by atoms with van der Waals surface area (Å²) in [5, 5.41) is 11.4. The first-order chi connectivity index (χ1) is 18.1. The maximum absolute atomic E-state index is 13.4. The smallest absolute Gasteiger partial charge is 0.300 e. The molecule has 1 saturated heterocycles. The van der Waals surface area contributed by atoms with Crippen LogP contribution in [-0.4, -0.2) is 51.6 Å². The molecule has 1 aliphatic heterocycles. The molecule has 3 aromatic carbocycles. The van der Waals surface area contributed by atoms with Gasteiger partial charge in [0.25, 0.3) is 11.7 Å². The number of anilines is 3. The van der Waals surface area contributed by atoms with Crippen molar-refractivity contribution in [2.75, 3.05) is 49.5 Å². The normalized spacial score (nSPS) is 16.7. The fraction of sp³-hybridized carbons (Fsp3) is 0.290. The summed E-state index contributed by atoms with van der Waals surface area (Å²) in [6.07, 6.45) is 0. The van der Waals surface area contributed by atoms with E-state index in [1.807, 2.05) is 86.5 Å². The minimum absolute atomic E-state index is 0.0557. The highest BCUT2D eigenvalue weighted by Crippen LogP contribution is 2.42. The van der Waals surface area contributed by atoms with Crippen molar-refractivity contribution in [1.82, 2.24) is 0 Å². The number of aliphatic hydroxyl groups is 1. The van der Waals surface area contributed by atoms with Gasteiger partial charge < -0.3 is 19.6 Å². The summed E-state index contributed by atoms with van der Waals surface area (Å²) in [5.74, 6) is -0.561. The lowest BCUT2D eigenvalue weighted by Crippen LogP contribution is -2.29. The van der Waals surface area contributed by atoms with Crippen LogP contribution in [0.25, 0.3) is 5.76 Å². The molecule has 1 heterocycles. The summed E-state index contributed by atoms with van der Waals surface area (Å²) in [6.45, 7) is 4.71. The second-order valence-corrected chi connectivity index (χ2v) is 10.3. The van der Waals surface area contributed by atoms with E-state index < -0.39 is 17.7 Å². The van der Waals surface area contributed by atoms with Crippen molar-refractivity contribution < 1.29 is 19.4 Å². The zero-order valence-electron chi connectivity index (χ0n) is 22.8. The molecule has 1 N–H and O–H groups in total. The van der Waals surface area contributed by atoms with Gasteiger partial charge in [-0.05, 0) is 72.1 Å². The van der Waals surface area contributed by atoms with E-state index in [0.717, 1.165) is 16.9 Å². The summed E-state index contributed by atoms with van der Waals surface area (Å²) < 4.78 is 5.75. The number of ether oxygens (including phenoxy) is 1. The Labute approximate surface area is 224 Å². The Hall–Kier alpha value is -4.26. The summed E-state index contributed by atoms with van der Waals surface area (Å²) in [4.78, 5) is 32.3. The number of carbonyl (C=O) groups excluding carboxylic acids is 2. The number of benzene rings is 3. The highest BCUT2D eigenvalue weighted by atomic mass is 16.5. The molecular weight excluding hydrogens is 478 g/mol. The summed E-state index contributed by atoms with van der Waals surface area (Å²) in [7, 11) is 7.77. The molecule has 0 aliphatic carbocycles. The van der Waals surface area contributed by atoms with E-state index in [1.165, 1.54) is 4.90 Å². The number of aliphatic hydroxyl groups excluding tert-OH is 1. The average molecular weight is 514 g/mol. The van der Waals surface area contributed by atoms with Gasteiger partial charge >= 0.3 is 0 Å². The van der Waals surface area contributed by atoms with E-state index >= 15 is 0 Å². The number of hydrogen-bond donors (Lipinski definition) is 1. The molecule has 4 rings (SSSR count). The molecular formula is C31H35N3O4. The molecule has 1 aliphatic rings. The third-order valence-electron chi connectivity index (χ3n) is 6.53. The van der Waals surface area contributed by atoms with Crippen LogP contribution >= 0.6 is 0 Å². The number of Topliss-reactive ketones (excluding diaryl/α,β-unsaturated/α-hetero) is 1. The third-order valence-corrected chi connectivity index (χ3v) is 6.53. The van der Waals surface area contributed by atoms with E-state index in [1.54, 1.807) is 24.3 Å². The predicted molar refractivity (Wildman–Crippen MR) is 153 cm³/mol. The van der Waals surface area contributed by atoms with Crippen LogP contribution in [0.4, 0.5) is 17.1 Å². The van der Waals surface area contributed by atoms with Crippen molar-refractivity contribution in [2.45, 2.75) is 19.9 Å². The molecule has 0 aromatic heterocycles. The largest absolute Gasteiger partial charge is 0.507 e. The number of rotatable bonds is 8. The lowest BCUT2D eigenvalue weighted by molar-refractivity contribution is -0.132. The molecule has 38 heavy (non-hydrogen) atoms. The van der Waals surface area contributed by atoms with Crippen LogP contribution in [0.1, 0.15) is 31.0 Å². The fourth-order valence-corrected chi connectivity index (χ4v) is 4.41. The molecule has 0 radical (unpaired) electrons. The third kappa shape index (κ3) is 5.37. The highest BCUT2D eigenvalue weighted by molar-refractivity contribution is 6.51. The molecule has 0 bridgehead atoms. The van der Waals surface area contributed by atoms with Crippen LogP contribution in [0.15, 0.2) is 78.4 Å². The van der Waals surface area contributed by atoms with Gasteiger partial charge in [-0.2, -0.15) is 0 Å². The van der Waals surface area contributed by atoms with Crippen molar-refractivity contribution in [3.05, 3.63) is 89.5 Å². The number of carbonyl (C=O) groups is 2. The van der Waals surface area contributed by atoms with Gasteiger partial charge in [0.05, 0.1) is 18.2 Å². The first-order valence-corrected chi connectivity index (χ1v) is 12.7. The van der Waals surface area contributed by atoms with E-state index in [9.17, 15) is 14.7 Å². The van der Waals surface area contributed by atoms with Crippen LogP contribution in [0.2, 0.25) is 0 Å². The maximum atomic E-state index is 13.4. The molecule has 1 unspecified atom stereocenters. The Balaban J connectivity index is 1.81. The monoisotopic (exact) mass is 513 g/mol. The van der Waals surface area contributed by atoms with Crippen molar-refractivity contribution >= 4 is 34.5 Å². The average Bonchev–Trinajstić information content (AvgIpc) is 3.17. The van der Waals surface area contributed by atoms with Gasteiger partial charge in [-0.25, -0.2) is 0 Å². The van der Waals surface area contributed by atoms with Crippen molar-refractivity contribution in [3.63, 3.8) is 0 Å². The second kappa shape index (κ2) is 11.0. The van der Waals surface area contributed by atoms with Gasteiger partial charge in [-0.1, -0.05) is 26.0 Å². The molecule has 1 atom stereocenters. The Morgan fingerprint density at radius 2 is 1.37 bits per heavy atom. The summed E-state index contributed by atoms with van der Waals surface area (Å²) >= 11 is 0. The topological polar surface area (TPSA) is 73.3 Å². The molecule has 1 amide bonds. The molecule has 3 aromatic rings. The lowest BCUT2D eigenvalue weighted by Gasteiger charge is -2.26. The Morgan fingerprint density at radius 3 is 1.87 bits per heavy atom. The van der Waals surface area contributed by atoms with E-state index in [2.05, 4.69) is 13.8 Å². The lowest BCUT2D eigenvalue weighted by atomic mass is 9.95. The van der Waals surface area contributed by atoms with Crippen molar-refractivity contribution in [2.24, 2.45) is 5.92 Å². The van der Waals surface area contributed by atoms with Crippen LogP contribution in [0, 0.1) is 5.92 Å². The SMILES string of the molecule is CC(C)COc1ccc(/C(O)=C2/C(=O)C(=O)N(c3ccc(N(C)C)cc3)C2c2ccc(N(C)C)cc2)cc1. The second-order valence-electron chi connectivity index (χ2n) is 10.3. The summed E-state index contributed by atoms with van der Waals surface area (Å²) in [5.41, 5.74) is 3.76. The van der Waals surface area contributed by atoms with E-state index in [4.69, 9.17) is 4.74 Å². The van der Waals surface area contributed by atoms with Crippen LogP contribution in [-0.2, 0) is 9.59 Å². The van der Waals surface area contributed by atoms with Crippen LogP contribution in [0.3, 0.4) is 0 Å². The zero-order chi connectivity index (χ0) is 27.6. The van der Waals surface area contributed by atoms with Gasteiger partial charge in [0.1, 0.15) is 11.5 Å². The first kappa shape index (κ1) is 26.8. The van der Waals surface area contributed by atoms with Crippen molar-refractivity contribution in [3.8, 4) is 5.75 Å². The number of amides is 1. The minimum atomic E-state index is -0.784. The van der Waals surface area contributed by atoms with Gasteiger partial charge in [0.15, 0.2) is 0 Å². The number of hydrogen-bond acceptors (Lipinski definition) is 6. The summed E-state index contributed by atoms with van der Waals surface area (Å²) in [6, 6.07) is 21.2. The van der Waals surface area contributed by atoms with Crippen LogP contribution in [0.5, 0.6) is 5.75 Å². The van der Waals surface area contributed by atoms with Gasteiger partial charge in [0.2, 0.25) is 0 Å². The molecule has 0 spiro atoms. The van der Waals surface area contributed by atoms with E-state index in [-0.39, 0.29) is 11.3 Å². The fourth-order valence-electron chi connectivity index (χ4n) is 4.41. The van der Waals surface area contributed by atoms with Crippen molar-refractivity contribution in [1.29, 1.82) is 0 Å². The quantitative estimate of drug-likeness (QED) is 0.244. The number of nitrogens with zero attached hydrogens (tertiary/aromatic N) is 3. The number of ketones is 1. The molecule has 7 heteroatoms. The van der Waals surface area contributed by atoms with E-state index in [0.29, 0.717) is 29.5 Å². The Kier molecular flexibility index (Phi) is 7.76. The predicted octanol–water partition coefficient (Wildman–Crippen LogP) is 5.48. The molecule has 7 nitrogen and oxygen atoms in total. The Bertz CT molecular complexity index is 1330.